The highest BCUT2D eigenvalue weighted by atomic mass is 32.2. The Balaban J connectivity index is 2.12. The second-order valence-corrected chi connectivity index (χ2v) is 7.65. The smallest absolute Gasteiger partial charge is 0.241 e. The fourth-order valence-corrected chi connectivity index (χ4v) is 4.38. The van der Waals surface area contributed by atoms with E-state index in [9.17, 15) is 8.42 Å². The van der Waals surface area contributed by atoms with E-state index in [0.29, 0.717) is 17.4 Å². The van der Waals surface area contributed by atoms with Crippen LogP contribution in [0, 0.1) is 5.92 Å². The topological polar surface area (TPSA) is 58.2 Å². The maximum Gasteiger partial charge on any atom is 0.241 e. The van der Waals surface area contributed by atoms with Crippen LogP contribution in [0.25, 0.3) is 0 Å². The number of benzene rings is 1. The van der Waals surface area contributed by atoms with Crippen LogP contribution in [0.1, 0.15) is 45.1 Å². The molecule has 0 atom stereocenters. The Morgan fingerprint density at radius 1 is 1.14 bits per heavy atom. The van der Waals surface area contributed by atoms with Crippen LogP contribution < -0.4 is 10.0 Å². The van der Waals surface area contributed by atoms with Crippen LogP contribution in [0.4, 0.5) is 0 Å². The van der Waals surface area contributed by atoms with Crippen molar-refractivity contribution >= 4 is 10.0 Å². The maximum atomic E-state index is 12.6. The van der Waals surface area contributed by atoms with Gasteiger partial charge in [0.05, 0.1) is 4.90 Å². The normalized spacial score (nSPS) is 23.1. The van der Waals surface area contributed by atoms with Gasteiger partial charge in [0.2, 0.25) is 10.0 Å². The minimum absolute atomic E-state index is 0.0818. The molecular weight excluding hydrogens is 284 g/mol. The molecule has 2 rings (SSSR count). The molecule has 1 aromatic rings. The van der Waals surface area contributed by atoms with Crippen molar-refractivity contribution in [3.05, 3.63) is 29.8 Å². The van der Waals surface area contributed by atoms with E-state index in [0.717, 1.165) is 37.8 Å². The fraction of sp³-hybridized carbons (Fsp3) is 0.625. The van der Waals surface area contributed by atoms with Crippen molar-refractivity contribution in [2.24, 2.45) is 5.92 Å². The second-order valence-electron chi connectivity index (χ2n) is 5.97. The summed E-state index contributed by atoms with van der Waals surface area (Å²) in [7, 11) is -3.43. The highest BCUT2D eigenvalue weighted by Gasteiger charge is 2.25. The first-order valence-electron chi connectivity index (χ1n) is 7.84. The van der Waals surface area contributed by atoms with Crippen LogP contribution in [0.5, 0.6) is 0 Å². The monoisotopic (exact) mass is 310 g/mol. The average molecular weight is 310 g/mol. The molecule has 1 aliphatic carbocycles. The van der Waals surface area contributed by atoms with Gasteiger partial charge in [0.25, 0.3) is 0 Å². The summed E-state index contributed by atoms with van der Waals surface area (Å²) in [5.74, 6) is 0.715. The third kappa shape index (κ3) is 4.53. The lowest BCUT2D eigenvalue weighted by molar-refractivity contribution is 0.332. The van der Waals surface area contributed by atoms with Crippen molar-refractivity contribution < 1.29 is 8.42 Å². The van der Waals surface area contributed by atoms with Crippen LogP contribution in [-0.4, -0.2) is 21.0 Å². The Morgan fingerprint density at radius 3 is 2.48 bits per heavy atom. The molecule has 1 fully saturated rings. The lowest BCUT2D eigenvalue weighted by Crippen LogP contribution is -2.37. The quantitative estimate of drug-likeness (QED) is 0.849. The van der Waals surface area contributed by atoms with Gasteiger partial charge in [0, 0.05) is 12.6 Å². The molecule has 0 saturated heterocycles. The van der Waals surface area contributed by atoms with Crippen molar-refractivity contribution in [2.45, 2.75) is 57.0 Å². The van der Waals surface area contributed by atoms with Crippen molar-refractivity contribution in [3.8, 4) is 0 Å². The summed E-state index contributed by atoms with van der Waals surface area (Å²) in [4.78, 5) is 0.407. The second kappa shape index (κ2) is 7.38. The maximum absolute atomic E-state index is 12.6. The standard InChI is InChI=1S/C16H26N2O2S/c1-3-17-12-14-6-4-5-7-16(14)21(19,20)18-15-10-8-13(2)9-11-15/h4-7,13,15,17-18H,3,8-12H2,1-2H3. The summed E-state index contributed by atoms with van der Waals surface area (Å²) in [6.45, 7) is 5.65. The molecule has 2 N–H and O–H groups in total. The van der Waals surface area contributed by atoms with Gasteiger partial charge in [-0.15, -0.1) is 0 Å². The number of rotatable bonds is 6. The average Bonchev–Trinajstić information content (AvgIpc) is 2.47. The van der Waals surface area contributed by atoms with Crippen molar-refractivity contribution in [1.82, 2.24) is 10.0 Å². The van der Waals surface area contributed by atoms with Crippen LogP contribution in [0.3, 0.4) is 0 Å². The van der Waals surface area contributed by atoms with E-state index in [2.05, 4.69) is 17.0 Å². The molecule has 0 radical (unpaired) electrons. The summed E-state index contributed by atoms with van der Waals surface area (Å²) >= 11 is 0. The molecule has 5 heteroatoms. The first-order valence-corrected chi connectivity index (χ1v) is 9.32. The summed E-state index contributed by atoms with van der Waals surface area (Å²) in [6, 6.07) is 7.32. The van der Waals surface area contributed by atoms with Crippen LogP contribution in [0.2, 0.25) is 0 Å². The summed E-state index contributed by atoms with van der Waals surface area (Å²) in [5, 5.41) is 3.19. The van der Waals surface area contributed by atoms with Gasteiger partial charge in [-0.3, -0.25) is 0 Å². The highest BCUT2D eigenvalue weighted by Crippen LogP contribution is 2.25. The molecule has 0 spiro atoms. The lowest BCUT2D eigenvalue weighted by Gasteiger charge is -2.27. The van der Waals surface area contributed by atoms with Crippen LogP contribution >= 0.6 is 0 Å². The van der Waals surface area contributed by atoms with E-state index in [-0.39, 0.29) is 6.04 Å². The van der Waals surface area contributed by atoms with E-state index >= 15 is 0 Å². The van der Waals surface area contributed by atoms with Gasteiger partial charge in [-0.2, -0.15) is 0 Å². The first-order chi connectivity index (χ1) is 10.0. The molecule has 1 aliphatic rings. The van der Waals surface area contributed by atoms with Gasteiger partial charge in [0.15, 0.2) is 0 Å². The van der Waals surface area contributed by atoms with Gasteiger partial charge in [0.1, 0.15) is 0 Å². The van der Waals surface area contributed by atoms with E-state index in [1.54, 1.807) is 12.1 Å². The Morgan fingerprint density at radius 2 is 1.81 bits per heavy atom. The number of sulfonamides is 1. The Kier molecular flexibility index (Phi) is 5.79. The zero-order chi connectivity index (χ0) is 15.3. The highest BCUT2D eigenvalue weighted by molar-refractivity contribution is 7.89. The summed E-state index contributed by atoms with van der Waals surface area (Å²) < 4.78 is 28.1. The predicted octanol–water partition coefficient (Wildman–Crippen LogP) is 2.65. The largest absolute Gasteiger partial charge is 0.313 e. The Bertz CT molecular complexity index is 549. The van der Waals surface area contributed by atoms with E-state index < -0.39 is 10.0 Å². The molecular formula is C16H26N2O2S. The van der Waals surface area contributed by atoms with E-state index in [1.807, 2.05) is 19.1 Å². The van der Waals surface area contributed by atoms with Gasteiger partial charge >= 0.3 is 0 Å². The molecule has 1 saturated carbocycles. The predicted molar refractivity (Wildman–Crippen MR) is 85.6 cm³/mol. The third-order valence-corrected chi connectivity index (χ3v) is 5.79. The zero-order valence-corrected chi connectivity index (χ0v) is 13.7. The fourth-order valence-electron chi connectivity index (χ4n) is 2.83. The van der Waals surface area contributed by atoms with Gasteiger partial charge in [-0.1, -0.05) is 32.0 Å². The molecule has 0 aliphatic heterocycles. The van der Waals surface area contributed by atoms with Crippen LogP contribution in [0.15, 0.2) is 29.2 Å². The zero-order valence-electron chi connectivity index (χ0n) is 12.9. The summed E-state index contributed by atoms with van der Waals surface area (Å²) in [6.07, 6.45) is 4.09. The van der Waals surface area contributed by atoms with E-state index in [1.165, 1.54) is 0 Å². The van der Waals surface area contributed by atoms with Crippen molar-refractivity contribution in [2.75, 3.05) is 6.54 Å². The Hall–Kier alpha value is -0.910. The summed E-state index contributed by atoms with van der Waals surface area (Å²) in [5.41, 5.74) is 0.830. The van der Waals surface area contributed by atoms with Crippen molar-refractivity contribution in [3.63, 3.8) is 0 Å². The first kappa shape index (κ1) is 16.5. The minimum Gasteiger partial charge on any atom is -0.313 e. The van der Waals surface area contributed by atoms with Crippen LogP contribution in [-0.2, 0) is 16.6 Å². The number of hydrogen-bond acceptors (Lipinski definition) is 3. The molecule has 0 amide bonds. The number of hydrogen-bond donors (Lipinski definition) is 2. The van der Waals surface area contributed by atoms with Gasteiger partial charge in [-0.05, 0) is 49.8 Å². The SMILES string of the molecule is CCNCc1ccccc1S(=O)(=O)NC1CCC(C)CC1. The van der Waals surface area contributed by atoms with E-state index in [4.69, 9.17) is 0 Å². The molecule has 0 aromatic heterocycles. The van der Waals surface area contributed by atoms with Gasteiger partial charge in [-0.25, -0.2) is 13.1 Å². The Labute approximate surface area is 128 Å². The number of nitrogens with one attached hydrogen (secondary N) is 2. The van der Waals surface area contributed by atoms with Gasteiger partial charge < -0.3 is 5.32 Å². The van der Waals surface area contributed by atoms with Crippen molar-refractivity contribution in [1.29, 1.82) is 0 Å². The molecule has 0 unspecified atom stereocenters. The third-order valence-electron chi connectivity index (χ3n) is 4.17. The molecule has 21 heavy (non-hydrogen) atoms. The molecule has 4 nitrogen and oxygen atoms in total. The minimum atomic E-state index is -3.43. The molecule has 1 aromatic carbocycles. The lowest BCUT2D eigenvalue weighted by atomic mass is 9.88. The molecule has 0 heterocycles. The molecule has 0 bridgehead atoms. The molecule has 118 valence electrons.